The van der Waals surface area contributed by atoms with Crippen molar-refractivity contribution in [3.63, 3.8) is 0 Å². The fourth-order valence-corrected chi connectivity index (χ4v) is 12.9. The molecular formula is C80H109ClN18O16. The number of rotatable bonds is 46. The van der Waals surface area contributed by atoms with Gasteiger partial charge in [0.05, 0.1) is 6.61 Å². The van der Waals surface area contributed by atoms with Crippen molar-refractivity contribution in [1.82, 2.24) is 79.0 Å². The number of carbonyl (C=O) groups is 14. The van der Waals surface area contributed by atoms with Gasteiger partial charge in [0.2, 0.25) is 82.7 Å². The third kappa shape index (κ3) is 31.2. The first kappa shape index (κ1) is 92.1. The fourth-order valence-electron chi connectivity index (χ4n) is 12.8. The third-order valence-corrected chi connectivity index (χ3v) is 19.3. The second kappa shape index (κ2) is 47.0. The van der Waals surface area contributed by atoms with E-state index in [4.69, 9.17) is 28.5 Å². The van der Waals surface area contributed by atoms with Crippen molar-refractivity contribution in [3.05, 3.63) is 143 Å². The minimum Gasteiger partial charge on any atom is -0.508 e. The Morgan fingerprint density at radius 3 is 1.59 bits per heavy atom. The highest BCUT2D eigenvalue weighted by Crippen LogP contribution is 2.23. The lowest BCUT2D eigenvalue weighted by molar-refractivity contribution is -0.142. The molecule has 2 heterocycles. The monoisotopic (exact) mass is 1610 g/mol. The summed E-state index contributed by atoms with van der Waals surface area (Å²) in [4.78, 5) is 201. The van der Waals surface area contributed by atoms with Crippen LogP contribution in [0.5, 0.6) is 5.75 Å². The summed E-state index contributed by atoms with van der Waals surface area (Å²) >= 11 is 6.25. The third-order valence-electron chi connectivity index (χ3n) is 19.0. The highest BCUT2D eigenvalue weighted by atomic mass is 35.5. The summed E-state index contributed by atoms with van der Waals surface area (Å²) in [6, 6.07) is 12.9. The molecule has 0 bridgehead atoms. The molecular weight excluding hydrogens is 1500 g/mol. The van der Waals surface area contributed by atoms with Gasteiger partial charge in [0.1, 0.15) is 72.2 Å². The summed E-state index contributed by atoms with van der Waals surface area (Å²) in [6.45, 7) is 8.52. The van der Waals surface area contributed by atoms with Crippen LogP contribution in [0.2, 0.25) is 5.02 Å². The minimum absolute atomic E-state index is 0.0121. The molecule has 115 heavy (non-hydrogen) atoms. The number of fused-ring (bicyclic) bond motifs is 1. The summed E-state index contributed by atoms with van der Waals surface area (Å²) in [6.07, 6.45) is 3.03. The summed E-state index contributed by atoms with van der Waals surface area (Å²) in [5.74, 6) is -11.4. The number of primary amides is 1. The fraction of sp³-hybridized carbons (Fsp3) is 0.475. The Kier molecular flexibility index (Phi) is 37.6. The second-order valence-corrected chi connectivity index (χ2v) is 29.1. The van der Waals surface area contributed by atoms with Crippen LogP contribution in [-0.4, -0.2) is 208 Å². The zero-order chi connectivity index (χ0) is 84.3. The number of likely N-dealkylation sites (tertiary alicyclic amines) is 1. The molecule has 1 aromatic heterocycles. The quantitative estimate of drug-likeness (QED) is 0.0140. The molecule has 0 aliphatic carbocycles. The summed E-state index contributed by atoms with van der Waals surface area (Å²) in [7, 11) is 0. The first-order valence-corrected chi connectivity index (χ1v) is 38.9. The van der Waals surface area contributed by atoms with Crippen LogP contribution < -0.4 is 80.6 Å². The van der Waals surface area contributed by atoms with Crippen LogP contribution in [0.25, 0.3) is 10.8 Å². The number of aromatic hydroxyl groups is 1. The van der Waals surface area contributed by atoms with E-state index in [-0.39, 0.29) is 140 Å². The number of aliphatic hydroxyl groups excluding tert-OH is 1. The van der Waals surface area contributed by atoms with Gasteiger partial charge in [0.25, 0.3) is 0 Å². The van der Waals surface area contributed by atoms with Gasteiger partial charge < -0.3 is 95.7 Å². The van der Waals surface area contributed by atoms with Gasteiger partial charge in [0.15, 0.2) is 5.96 Å². The highest BCUT2D eigenvalue weighted by Gasteiger charge is 2.41. The number of unbranched alkanes of at least 4 members (excludes halogenated alkanes) is 1. The first-order valence-electron chi connectivity index (χ1n) is 38.6. The molecule has 4 aromatic carbocycles. The molecule has 14 amide bonds. The SMILES string of the molecule is CCC(=O)NCCC(NC(=O)CC)C(=O)NCCCC[C@@H](NC(=O)[C@H](Cc1ccc(O)cc1)NC(=O)[C@H](CO)NC(=O)[C@@H](Cc1cccnc1)NC(=O)[C@@H](Cc1ccc(Cl)cc1)NC(=O)[C@@H](Cc1ccc2ccccc2c1)NC(C)=O)C(=O)N[C@@H](CC(C)C)C(=O)N[C@@H](CCCNC(=N)N)C(=O)N1CCC[C@H]1C(=O)N[C@H](C)C(N)=O. The number of nitrogens with zero attached hydrogens (tertiary/aromatic N) is 2. The van der Waals surface area contributed by atoms with Crippen LogP contribution in [0.4, 0.5) is 0 Å². The lowest BCUT2D eigenvalue weighted by atomic mass is 9.99. The van der Waals surface area contributed by atoms with Crippen molar-refractivity contribution >= 4 is 111 Å². The summed E-state index contributed by atoms with van der Waals surface area (Å²) in [5, 5.41) is 66.0. The number of aromatic nitrogens is 1. The Morgan fingerprint density at radius 2 is 1.02 bits per heavy atom. The average Bonchev–Trinajstić information content (AvgIpc) is 1.79. The van der Waals surface area contributed by atoms with Gasteiger partial charge in [-0.3, -0.25) is 77.5 Å². The number of phenolic OH excluding ortho intramolecular Hbond substituents is 1. The van der Waals surface area contributed by atoms with Crippen LogP contribution in [0.15, 0.2) is 116 Å². The van der Waals surface area contributed by atoms with E-state index < -0.39 is 150 Å². The molecule has 6 rings (SSSR count). The van der Waals surface area contributed by atoms with Crippen molar-refractivity contribution in [2.24, 2.45) is 17.4 Å². The maximum atomic E-state index is 15.2. The minimum atomic E-state index is -1.89. The molecule has 1 saturated heterocycles. The number of halogens is 1. The largest absolute Gasteiger partial charge is 0.508 e. The number of guanidine groups is 1. The predicted molar refractivity (Wildman–Crippen MR) is 428 cm³/mol. The Labute approximate surface area is 672 Å². The van der Waals surface area contributed by atoms with Crippen molar-refractivity contribution < 1.29 is 77.3 Å². The molecule has 20 N–H and O–H groups in total. The van der Waals surface area contributed by atoms with Gasteiger partial charge in [-0.25, -0.2) is 0 Å². The Balaban J connectivity index is 1.30. The van der Waals surface area contributed by atoms with E-state index in [2.05, 4.69) is 74.1 Å². The number of hydrogen-bond acceptors (Lipinski definition) is 18. The zero-order valence-electron chi connectivity index (χ0n) is 65.6. The van der Waals surface area contributed by atoms with Crippen LogP contribution in [0.3, 0.4) is 0 Å². The van der Waals surface area contributed by atoms with E-state index in [1.807, 2.05) is 42.5 Å². The molecule has 1 fully saturated rings. The van der Waals surface area contributed by atoms with Crippen LogP contribution in [0.1, 0.15) is 134 Å². The van der Waals surface area contributed by atoms with Crippen LogP contribution in [-0.2, 0) is 92.8 Å². The van der Waals surface area contributed by atoms with E-state index in [0.29, 0.717) is 33.7 Å². The Morgan fingerprint density at radius 1 is 0.513 bits per heavy atom. The van der Waals surface area contributed by atoms with Crippen molar-refractivity contribution in [1.29, 1.82) is 5.41 Å². The van der Waals surface area contributed by atoms with E-state index in [0.717, 1.165) is 10.8 Å². The topological polar surface area (TPSA) is 528 Å². The average molecular weight is 1610 g/mol. The first-order chi connectivity index (χ1) is 54.8. The smallest absolute Gasteiger partial charge is 0.245 e. The standard InChI is InChI=1S/C80H109ClN18O16/c1-7-67(103)86-36-32-58(91-68(104)8-2)70(106)87-34-12-11-19-57(71(107)94-60(38-46(3)4)72(108)93-59(20-14-35-88-80(83)84)79(115)99-37-15-21-66(99)78(114)89-47(5)69(82)105)92-74(110)62(41-50-25-30-56(102)31-26-50)97-77(113)65(45-100)98-76(112)64(43-52-16-13-33-85-44-52)96-75(111)63(40-49-23-28-55(81)29-24-49)95-73(109)61(90-48(6)101)42-51-22-27-53-17-9-10-18-54(53)39-51/h9-10,13,16-18,22-31,33,39,44,46-47,57-66,100,102H,7-8,11-12,14-15,19-21,32,34-38,40-43,45H2,1-6H3,(H2,82,105)(H,86,103)(H,87,106)(H,89,114)(H,90,101)(H,91,104)(H,92,110)(H,93,108)(H,94,107)(H,95,109)(H,96,111)(H,97,113)(H,98,112)(H4,83,84,88)/t47-,57-,58?,59+,60+,61-,62+,63-,64-,65+,66+/m1/s1. The van der Waals surface area contributed by atoms with Crippen molar-refractivity contribution in [3.8, 4) is 5.75 Å². The Hall–Kier alpha value is -11.8. The van der Waals surface area contributed by atoms with E-state index >= 15 is 9.59 Å². The molecule has 0 radical (unpaired) electrons. The molecule has 35 heteroatoms. The van der Waals surface area contributed by atoms with Crippen LogP contribution in [0, 0.1) is 11.3 Å². The number of phenols is 1. The number of nitrogens with one attached hydrogen (secondary N) is 14. The normalized spacial score (nSPS) is 15.0. The van der Waals surface area contributed by atoms with Crippen LogP contribution >= 0.6 is 11.6 Å². The molecule has 1 aliphatic heterocycles. The molecule has 0 spiro atoms. The van der Waals surface area contributed by atoms with E-state index in [1.165, 1.54) is 55.4 Å². The highest BCUT2D eigenvalue weighted by molar-refractivity contribution is 6.30. The van der Waals surface area contributed by atoms with Crippen molar-refractivity contribution in [2.75, 3.05) is 32.8 Å². The number of hydrogen-bond donors (Lipinski definition) is 18. The lowest BCUT2D eigenvalue weighted by Crippen LogP contribution is -2.61. The van der Waals surface area contributed by atoms with Gasteiger partial charge in [-0.2, -0.15) is 0 Å². The van der Waals surface area contributed by atoms with E-state index in [9.17, 15) is 67.7 Å². The lowest BCUT2D eigenvalue weighted by Gasteiger charge is -2.31. The van der Waals surface area contributed by atoms with Gasteiger partial charge in [0, 0.05) is 89.0 Å². The maximum Gasteiger partial charge on any atom is 0.245 e. The molecule has 34 nitrogen and oxygen atoms in total. The van der Waals surface area contributed by atoms with E-state index in [1.54, 1.807) is 64.1 Å². The second-order valence-electron chi connectivity index (χ2n) is 28.7. The summed E-state index contributed by atoms with van der Waals surface area (Å²) in [5.41, 5.74) is 12.9. The Bertz CT molecular complexity index is 4180. The molecule has 11 atom stereocenters. The number of pyridine rings is 1. The molecule has 622 valence electrons. The summed E-state index contributed by atoms with van der Waals surface area (Å²) < 4.78 is 0. The number of carbonyl (C=O) groups excluding carboxylic acids is 14. The van der Waals surface area contributed by atoms with Crippen molar-refractivity contribution in [2.45, 2.75) is 204 Å². The molecule has 1 aliphatic rings. The maximum absolute atomic E-state index is 15.2. The van der Waals surface area contributed by atoms with Gasteiger partial charge in [-0.05, 0) is 134 Å². The molecule has 5 aromatic rings. The van der Waals surface area contributed by atoms with Gasteiger partial charge in [-0.1, -0.05) is 112 Å². The molecule has 0 saturated carbocycles. The number of amides is 14. The number of benzene rings is 4. The zero-order valence-corrected chi connectivity index (χ0v) is 66.3. The predicted octanol–water partition coefficient (Wildman–Crippen LogP) is 0.143. The van der Waals surface area contributed by atoms with Gasteiger partial charge >= 0.3 is 0 Å². The number of nitrogens with two attached hydrogens (primary N) is 2. The van der Waals surface area contributed by atoms with Gasteiger partial charge in [-0.15, -0.1) is 0 Å². The molecule has 1 unspecified atom stereocenters. The number of aliphatic hydroxyl groups is 1.